The van der Waals surface area contributed by atoms with Crippen LogP contribution in [0.2, 0.25) is 0 Å². The van der Waals surface area contributed by atoms with Crippen molar-refractivity contribution >= 4 is 38.1 Å². The summed E-state index contributed by atoms with van der Waals surface area (Å²) in [5, 5.41) is 11.7. The maximum atomic E-state index is 6.29. The lowest BCUT2D eigenvalue weighted by Crippen LogP contribution is -2.12. The van der Waals surface area contributed by atoms with Gasteiger partial charge in [-0.05, 0) is 58.6 Å². The molecule has 0 radical (unpaired) electrons. The highest BCUT2D eigenvalue weighted by molar-refractivity contribution is 7.17. The number of methoxy groups -OCH3 is 1. The molecule has 4 aromatic heterocycles. The Hall–Kier alpha value is -4.37. The minimum atomic E-state index is -0.271. The van der Waals surface area contributed by atoms with Gasteiger partial charge in [0.15, 0.2) is 0 Å². The summed E-state index contributed by atoms with van der Waals surface area (Å²) in [5.41, 5.74) is 14.3. The van der Waals surface area contributed by atoms with Crippen molar-refractivity contribution in [2.24, 2.45) is 7.05 Å². The molecule has 6 rings (SSSR count). The number of nitrogen functional groups attached to an aromatic ring is 1. The highest BCUT2D eigenvalue weighted by atomic mass is 32.1. The van der Waals surface area contributed by atoms with Crippen molar-refractivity contribution < 1.29 is 4.74 Å². The van der Waals surface area contributed by atoms with Crippen LogP contribution in [0.15, 0.2) is 66.4 Å². The molecule has 0 aliphatic rings. The van der Waals surface area contributed by atoms with E-state index >= 15 is 0 Å². The zero-order valence-corrected chi connectivity index (χ0v) is 20.8. The van der Waals surface area contributed by atoms with Gasteiger partial charge in [0.05, 0.1) is 47.8 Å². The zero-order valence-electron chi connectivity index (χ0n) is 20.0. The molecule has 0 spiro atoms. The second-order valence-corrected chi connectivity index (χ2v) is 9.62. The van der Waals surface area contributed by atoms with Crippen molar-refractivity contribution in [1.82, 2.24) is 29.9 Å². The smallest absolute Gasteiger partial charge is 0.212 e. The van der Waals surface area contributed by atoms with Gasteiger partial charge in [0.1, 0.15) is 0 Å². The summed E-state index contributed by atoms with van der Waals surface area (Å²) >= 11 is 1.75. The molecule has 0 fully saturated rings. The van der Waals surface area contributed by atoms with Gasteiger partial charge in [-0.2, -0.15) is 0 Å². The molecule has 0 saturated heterocycles. The van der Waals surface area contributed by atoms with Crippen molar-refractivity contribution in [3.63, 3.8) is 0 Å². The van der Waals surface area contributed by atoms with Crippen LogP contribution >= 0.6 is 11.3 Å². The quantitative estimate of drug-likeness (QED) is 0.333. The number of aryl methyl sites for hydroxylation is 2. The molecule has 0 aliphatic carbocycles. The van der Waals surface area contributed by atoms with E-state index in [2.05, 4.69) is 45.8 Å². The van der Waals surface area contributed by atoms with Crippen LogP contribution in [0.1, 0.15) is 28.4 Å². The summed E-state index contributed by atoms with van der Waals surface area (Å²) in [6.45, 7) is 2.13. The number of benzene rings is 2. The molecule has 0 amide bonds. The standard InChI is InChI=1S/C27H23N7OS/c1-15-14-36-24-6-4-16(8-19(15)24)20-9-18(28)10-21-27(20)32-22(12-29-21)26(23-13-31-33-34(23)2)17-5-7-25(35-3)30-11-17/h4-14,26H,28H2,1-3H3/t26-/m0/s1. The highest BCUT2D eigenvalue weighted by Gasteiger charge is 2.24. The molecular weight excluding hydrogens is 470 g/mol. The van der Waals surface area contributed by atoms with Gasteiger partial charge in [-0.25, -0.2) is 9.97 Å². The van der Waals surface area contributed by atoms with Crippen LogP contribution in [0.3, 0.4) is 0 Å². The van der Waals surface area contributed by atoms with Crippen molar-refractivity contribution in [2.75, 3.05) is 12.8 Å². The van der Waals surface area contributed by atoms with Crippen molar-refractivity contribution in [3.05, 3.63) is 88.9 Å². The van der Waals surface area contributed by atoms with E-state index in [9.17, 15) is 0 Å². The van der Waals surface area contributed by atoms with Crippen LogP contribution in [-0.2, 0) is 7.05 Å². The fourth-order valence-corrected chi connectivity index (χ4v) is 5.49. The van der Waals surface area contributed by atoms with Gasteiger partial charge in [-0.15, -0.1) is 16.4 Å². The van der Waals surface area contributed by atoms with Gasteiger partial charge >= 0.3 is 0 Å². The highest BCUT2D eigenvalue weighted by Crippen LogP contribution is 2.36. The monoisotopic (exact) mass is 493 g/mol. The van der Waals surface area contributed by atoms with E-state index in [0.29, 0.717) is 11.6 Å². The Labute approximate surface area is 211 Å². The Morgan fingerprint density at radius 2 is 1.92 bits per heavy atom. The minimum Gasteiger partial charge on any atom is -0.481 e. The normalized spacial score (nSPS) is 12.3. The number of thiophene rings is 1. The number of aromatic nitrogens is 6. The first kappa shape index (κ1) is 22.1. The SMILES string of the molecule is COc1ccc([C@@H](c2cnc3cc(N)cc(-c4ccc5scc(C)c5c4)c3n2)c2cnnn2C)cn1. The first-order valence-corrected chi connectivity index (χ1v) is 12.3. The van der Waals surface area contributed by atoms with Crippen LogP contribution in [0.5, 0.6) is 5.88 Å². The van der Waals surface area contributed by atoms with Gasteiger partial charge in [-0.1, -0.05) is 17.3 Å². The first-order valence-electron chi connectivity index (χ1n) is 11.4. The maximum Gasteiger partial charge on any atom is 0.212 e. The van der Waals surface area contributed by atoms with E-state index in [-0.39, 0.29) is 5.92 Å². The number of hydrogen-bond acceptors (Lipinski definition) is 8. The molecule has 0 aliphatic heterocycles. The van der Waals surface area contributed by atoms with E-state index in [1.165, 1.54) is 15.6 Å². The van der Waals surface area contributed by atoms with Crippen LogP contribution in [0, 0.1) is 6.92 Å². The summed E-state index contributed by atoms with van der Waals surface area (Å²) in [6, 6.07) is 14.1. The van der Waals surface area contributed by atoms with Gasteiger partial charge < -0.3 is 10.5 Å². The molecule has 0 unspecified atom stereocenters. The van der Waals surface area contributed by atoms with Crippen LogP contribution in [0.4, 0.5) is 5.69 Å². The van der Waals surface area contributed by atoms with Crippen LogP contribution in [-0.4, -0.2) is 37.1 Å². The third-order valence-corrected chi connectivity index (χ3v) is 7.49. The number of fused-ring (bicyclic) bond motifs is 2. The Kier molecular flexibility index (Phi) is 5.34. The van der Waals surface area contributed by atoms with Crippen molar-refractivity contribution in [1.29, 1.82) is 0 Å². The molecule has 1 atom stereocenters. The molecule has 178 valence electrons. The fraction of sp³-hybridized carbons (Fsp3) is 0.148. The number of hydrogen-bond donors (Lipinski definition) is 1. The summed E-state index contributed by atoms with van der Waals surface area (Å²) < 4.78 is 8.26. The second-order valence-electron chi connectivity index (χ2n) is 8.71. The summed E-state index contributed by atoms with van der Waals surface area (Å²) in [4.78, 5) is 14.4. The molecule has 0 saturated carbocycles. The number of pyridine rings is 1. The van der Waals surface area contributed by atoms with Gasteiger partial charge in [0.25, 0.3) is 0 Å². The predicted molar refractivity (Wildman–Crippen MR) is 142 cm³/mol. The largest absolute Gasteiger partial charge is 0.481 e. The molecule has 36 heavy (non-hydrogen) atoms. The topological polar surface area (TPSA) is 105 Å². The molecule has 4 heterocycles. The van der Waals surface area contributed by atoms with Crippen molar-refractivity contribution in [2.45, 2.75) is 12.8 Å². The Morgan fingerprint density at radius 3 is 2.67 bits per heavy atom. The van der Waals surface area contributed by atoms with Gasteiger partial charge in [0, 0.05) is 35.3 Å². The number of rotatable bonds is 5. The predicted octanol–water partition coefficient (Wildman–Crippen LogP) is 5.11. The Morgan fingerprint density at radius 1 is 1.03 bits per heavy atom. The summed E-state index contributed by atoms with van der Waals surface area (Å²) in [6.07, 6.45) is 5.33. The lowest BCUT2D eigenvalue weighted by Gasteiger charge is -2.18. The number of nitrogens with two attached hydrogens (primary N) is 1. The molecule has 8 nitrogen and oxygen atoms in total. The van der Waals surface area contributed by atoms with E-state index in [4.69, 9.17) is 20.4 Å². The molecule has 2 aromatic carbocycles. The summed E-state index contributed by atoms with van der Waals surface area (Å²) in [7, 11) is 3.47. The molecule has 2 N–H and O–H groups in total. The average molecular weight is 494 g/mol. The second kappa shape index (κ2) is 8.69. The molecule has 0 bridgehead atoms. The maximum absolute atomic E-state index is 6.29. The first-order chi connectivity index (χ1) is 17.5. The van der Waals surface area contributed by atoms with Gasteiger partial charge in [-0.3, -0.25) is 9.67 Å². The Bertz CT molecular complexity index is 1720. The number of anilines is 1. The number of nitrogens with zero attached hydrogens (tertiary/aromatic N) is 6. The van der Waals surface area contributed by atoms with E-state index in [1.807, 2.05) is 31.3 Å². The average Bonchev–Trinajstić information content (AvgIpc) is 3.49. The minimum absolute atomic E-state index is 0.271. The molecular formula is C27H23N7OS. The lowest BCUT2D eigenvalue weighted by atomic mass is 9.93. The van der Waals surface area contributed by atoms with E-state index in [1.54, 1.807) is 41.7 Å². The third-order valence-electron chi connectivity index (χ3n) is 6.41. The number of ether oxygens (including phenoxy) is 1. The van der Waals surface area contributed by atoms with Gasteiger partial charge in [0.2, 0.25) is 5.88 Å². The summed E-state index contributed by atoms with van der Waals surface area (Å²) in [5.74, 6) is 0.273. The van der Waals surface area contributed by atoms with E-state index in [0.717, 1.165) is 39.1 Å². The zero-order chi connectivity index (χ0) is 24.8. The van der Waals surface area contributed by atoms with E-state index < -0.39 is 0 Å². The molecule has 9 heteroatoms. The van der Waals surface area contributed by atoms with Crippen molar-refractivity contribution in [3.8, 4) is 17.0 Å². The van der Waals surface area contributed by atoms with Crippen LogP contribution < -0.4 is 10.5 Å². The Balaban J connectivity index is 1.57. The fourth-order valence-electron chi connectivity index (χ4n) is 4.57. The third kappa shape index (κ3) is 3.74. The molecule has 6 aromatic rings. The lowest BCUT2D eigenvalue weighted by molar-refractivity contribution is 0.397. The van der Waals surface area contributed by atoms with Crippen LogP contribution in [0.25, 0.3) is 32.2 Å².